The Labute approximate surface area is 101 Å². The number of halogens is 4. The summed E-state index contributed by atoms with van der Waals surface area (Å²) in [7, 11) is 0. The summed E-state index contributed by atoms with van der Waals surface area (Å²) in [4.78, 5) is 4.82. The van der Waals surface area contributed by atoms with Crippen molar-refractivity contribution in [3.8, 4) is 0 Å². The van der Waals surface area contributed by atoms with Gasteiger partial charge in [-0.05, 0) is 24.3 Å². The second-order valence-corrected chi connectivity index (χ2v) is 3.85. The first-order valence-corrected chi connectivity index (χ1v) is 5.23. The summed E-state index contributed by atoms with van der Waals surface area (Å²) in [5, 5.41) is 0. The lowest BCUT2D eigenvalue weighted by atomic mass is 10.2. The molecule has 2 rings (SSSR count). The summed E-state index contributed by atoms with van der Waals surface area (Å²) in [6.07, 6.45) is 3.40. The molecule has 0 saturated heterocycles. The number of allylic oxidation sites excluding steroid dienone is 2. The van der Waals surface area contributed by atoms with Crippen LogP contribution in [0.2, 0.25) is 0 Å². The fraction of sp³-hybridized carbons (Fsp3) is 0.182. The van der Waals surface area contributed by atoms with Crippen LogP contribution in [0.15, 0.2) is 42.8 Å². The molecular weight excluding hydrogens is 253 g/mol. The van der Waals surface area contributed by atoms with E-state index in [2.05, 4.69) is 4.98 Å². The zero-order chi connectivity index (χ0) is 12.5. The van der Waals surface area contributed by atoms with Gasteiger partial charge in [-0.25, -0.2) is 0 Å². The monoisotopic (exact) mass is 260 g/mol. The first-order chi connectivity index (χ1) is 7.98. The van der Waals surface area contributed by atoms with E-state index in [9.17, 15) is 13.2 Å². The molecule has 0 amide bonds. The van der Waals surface area contributed by atoms with Gasteiger partial charge < -0.3 is 4.90 Å². The first kappa shape index (κ1) is 12.0. The number of rotatable bonds is 1. The quantitative estimate of drug-likeness (QED) is 0.567. The molecule has 0 aromatic carbocycles. The normalized spacial score (nSPS) is 19.8. The molecule has 1 atom stereocenters. The lowest BCUT2D eigenvalue weighted by molar-refractivity contribution is -0.141. The second-order valence-electron chi connectivity index (χ2n) is 3.40. The molecular formula is C11H8ClF3N2. The molecule has 90 valence electrons. The Kier molecular flexibility index (Phi) is 3.11. The molecule has 0 N–H and O–H groups in total. The largest absolute Gasteiger partial charge is 0.433 e. The van der Waals surface area contributed by atoms with Gasteiger partial charge in [-0.3, -0.25) is 4.98 Å². The third-order valence-corrected chi connectivity index (χ3v) is 2.58. The Balaban J connectivity index is 2.34. The van der Waals surface area contributed by atoms with Crippen molar-refractivity contribution in [2.75, 3.05) is 4.90 Å². The average molecular weight is 261 g/mol. The minimum Gasteiger partial charge on any atom is -0.327 e. The Morgan fingerprint density at radius 2 is 2.06 bits per heavy atom. The molecule has 1 unspecified atom stereocenters. The van der Waals surface area contributed by atoms with Gasteiger partial charge in [0.1, 0.15) is 11.2 Å². The van der Waals surface area contributed by atoms with E-state index in [0.29, 0.717) is 5.69 Å². The second kappa shape index (κ2) is 4.41. The van der Waals surface area contributed by atoms with Crippen LogP contribution in [0, 0.1) is 0 Å². The van der Waals surface area contributed by atoms with E-state index in [1.807, 2.05) is 0 Å². The van der Waals surface area contributed by atoms with Crippen LogP contribution >= 0.6 is 11.6 Å². The minimum atomic E-state index is -4.45. The molecule has 0 spiro atoms. The van der Waals surface area contributed by atoms with Crippen LogP contribution in [0.3, 0.4) is 0 Å². The molecule has 6 heteroatoms. The third kappa shape index (κ3) is 2.61. The number of hydrogen-bond donors (Lipinski definition) is 0. The number of nitrogens with zero attached hydrogens (tertiary/aromatic N) is 2. The van der Waals surface area contributed by atoms with Gasteiger partial charge in [0.05, 0.1) is 0 Å². The summed E-state index contributed by atoms with van der Waals surface area (Å²) in [5.41, 5.74) is -1.07. The maximum absolute atomic E-state index is 12.5. The highest BCUT2D eigenvalue weighted by molar-refractivity contribution is 6.23. The summed E-state index contributed by atoms with van der Waals surface area (Å²) in [6.45, 7) is 0. The molecule has 1 aromatic heterocycles. The molecule has 0 aliphatic carbocycles. The number of hydrogen-bond acceptors (Lipinski definition) is 2. The number of anilines is 1. The van der Waals surface area contributed by atoms with E-state index in [4.69, 9.17) is 11.6 Å². The van der Waals surface area contributed by atoms with E-state index in [0.717, 1.165) is 12.3 Å². The minimum absolute atomic E-state index is 0.355. The van der Waals surface area contributed by atoms with Crippen molar-refractivity contribution >= 4 is 17.3 Å². The molecule has 0 bridgehead atoms. The van der Waals surface area contributed by atoms with Crippen LogP contribution in [0.4, 0.5) is 18.9 Å². The van der Waals surface area contributed by atoms with Crippen molar-refractivity contribution in [2.45, 2.75) is 11.7 Å². The van der Waals surface area contributed by atoms with Gasteiger partial charge in [0.15, 0.2) is 0 Å². The first-order valence-electron chi connectivity index (χ1n) is 4.79. The van der Waals surface area contributed by atoms with Crippen LogP contribution in [0.1, 0.15) is 5.69 Å². The summed E-state index contributed by atoms with van der Waals surface area (Å²) < 4.78 is 37.5. The third-order valence-electron chi connectivity index (χ3n) is 2.23. The molecule has 0 saturated carbocycles. The number of alkyl halides is 4. The smallest absolute Gasteiger partial charge is 0.327 e. The maximum Gasteiger partial charge on any atom is 0.433 e. The van der Waals surface area contributed by atoms with Gasteiger partial charge in [0.2, 0.25) is 0 Å². The van der Waals surface area contributed by atoms with E-state index in [-0.39, 0.29) is 0 Å². The lowest BCUT2D eigenvalue weighted by Gasteiger charge is -2.26. The van der Waals surface area contributed by atoms with Crippen molar-refractivity contribution in [1.29, 1.82) is 0 Å². The Bertz CT molecular complexity index is 468. The molecule has 17 heavy (non-hydrogen) atoms. The fourth-order valence-corrected chi connectivity index (χ4v) is 1.70. The molecule has 0 fully saturated rings. The van der Waals surface area contributed by atoms with Crippen molar-refractivity contribution in [2.24, 2.45) is 0 Å². The van der Waals surface area contributed by atoms with E-state index >= 15 is 0 Å². The molecule has 1 aliphatic heterocycles. The van der Waals surface area contributed by atoms with Crippen LogP contribution in [-0.2, 0) is 6.18 Å². The van der Waals surface area contributed by atoms with Gasteiger partial charge in [0, 0.05) is 18.1 Å². The van der Waals surface area contributed by atoms with Gasteiger partial charge >= 0.3 is 6.18 Å². The van der Waals surface area contributed by atoms with Gasteiger partial charge in [-0.15, -0.1) is 0 Å². The standard InChI is InChI=1S/C11H8ClF3N2/c12-10-3-1-2-6-17(10)8-4-5-16-9(7-8)11(13,14)15/h1-7,10H. The van der Waals surface area contributed by atoms with E-state index in [1.54, 1.807) is 24.4 Å². The highest BCUT2D eigenvalue weighted by Crippen LogP contribution is 2.31. The highest BCUT2D eigenvalue weighted by atomic mass is 35.5. The predicted molar refractivity (Wildman–Crippen MR) is 59.6 cm³/mol. The summed E-state index contributed by atoms with van der Waals surface area (Å²) in [5.74, 6) is 0. The molecule has 2 nitrogen and oxygen atoms in total. The maximum atomic E-state index is 12.5. The van der Waals surface area contributed by atoms with Crippen molar-refractivity contribution in [1.82, 2.24) is 4.98 Å². The van der Waals surface area contributed by atoms with E-state index in [1.165, 1.54) is 11.0 Å². The molecule has 1 aromatic rings. The summed E-state index contributed by atoms with van der Waals surface area (Å²) in [6, 6.07) is 2.45. The van der Waals surface area contributed by atoms with Gasteiger partial charge in [-0.2, -0.15) is 13.2 Å². The zero-order valence-electron chi connectivity index (χ0n) is 8.53. The molecule has 0 radical (unpaired) electrons. The molecule has 2 heterocycles. The topological polar surface area (TPSA) is 16.1 Å². The Hall–Kier alpha value is -1.49. The van der Waals surface area contributed by atoms with Crippen LogP contribution < -0.4 is 4.90 Å². The van der Waals surface area contributed by atoms with Gasteiger partial charge in [-0.1, -0.05) is 17.7 Å². The average Bonchev–Trinajstić information content (AvgIpc) is 2.29. The van der Waals surface area contributed by atoms with Crippen LogP contribution in [0.5, 0.6) is 0 Å². The van der Waals surface area contributed by atoms with E-state index < -0.39 is 17.4 Å². The van der Waals surface area contributed by atoms with Crippen molar-refractivity contribution in [3.63, 3.8) is 0 Å². The SMILES string of the molecule is FC(F)(F)c1cc(N2C=CC=CC2Cl)ccn1. The van der Waals surface area contributed by atoms with Crippen molar-refractivity contribution in [3.05, 3.63) is 48.5 Å². The number of aromatic nitrogens is 1. The molecule has 1 aliphatic rings. The Morgan fingerprint density at radius 1 is 1.29 bits per heavy atom. The zero-order valence-corrected chi connectivity index (χ0v) is 9.28. The van der Waals surface area contributed by atoms with Crippen molar-refractivity contribution < 1.29 is 13.2 Å². The summed E-state index contributed by atoms with van der Waals surface area (Å²) >= 11 is 5.97. The predicted octanol–water partition coefficient (Wildman–Crippen LogP) is 3.56. The fourth-order valence-electron chi connectivity index (χ4n) is 1.44. The van der Waals surface area contributed by atoms with Crippen LogP contribution in [0.25, 0.3) is 0 Å². The highest BCUT2D eigenvalue weighted by Gasteiger charge is 2.33. The van der Waals surface area contributed by atoms with Crippen LogP contribution in [-0.4, -0.2) is 10.5 Å². The Morgan fingerprint density at radius 3 is 2.71 bits per heavy atom. The number of pyridine rings is 1. The lowest BCUT2D eigenvalue weighted by Crippen LogP contribution is -2.25. The van der Waals surface area contributed by atoms with Gasteiger partial charge in [0.25, 0.3) is 0 Å².